The molecule has 27 heavy (non-hydrogen) atoms. The van der Waals surface area contributed by atoms with Crippen molar-refractivity contribution in [1.29, 1.82) is 0 Å². The van der Waals surface area contributed by atoms with Gasteiger partial charge in [0.1, 0.15) is 5.58 Å². The van der Waals surface area contributed by atoms with Crippen molar-refractivity contribution in [2.24, 2.45) is 5.92 Å². The Labute approximate surface area is 160 Å². The first kappa shape index (κ1) is 17.7. The van der Waals surface area contributed by atoms with Crippen molar-refractivity contribution in [3.05, 3.63) is 65.9 Å². The van der Waals surface area contributed by atoms with E-state index in [2.05, 4.69) is 41.4 Å². The van der Waals surface area contributed by atoms with E-state index >= 15 is 0 Å². The predicted molar refractivity (Wildman–Crippen MR) is 109 cm³/mol. The first-order chi connectivity index (χ1) is 13.1. The first-order valence-electron chi connectivity index (χ1n) is 9.74. The maximum Gasteiger partial charge on any atom is 0.287 e. The van der Waals surface area contributed by atoms with E-state index in [4.69, 9.17) is 4.42 Å². The van der Waals surface area contributed by atoms with E-state index in [0.29, 0.717) is 5.76 Å². The van der Waals surface area contributed by atoms with Crippen molar-refractivity contribution < 1.29 is 9.21 Å². The van der Waals surface area contributed by atoms with Gasteiger partial charge in [0.05, 0.1) is 6.04 Å². The van der Waals surface area contributed by atoms with Crippen molar-refractivity contribution in [2.75, 3.05) is 18.0 Å². The molecule has 2 heterocycles. The van der Waals surface area contributed by atoms with Crippen LogP contribution in [0.5, 0.6) is 0 Å². The zero-order valence-electron chi connectivity index (χ0n) is 15.9. The van der Waals surface area contributed by atoms with Gasteiger partial charge in [-0.05, 0) is 55.5 Å². The molecule has 0 aliphatic carbocycles. The van der Waals surface area contributed by atoms with Crippen LogP contribution in [0.15, 0.2) is 59.0 Å². The van der Waals surface area contributed by atoms with Gasteiger partial charge in [0.2, 0.25) is 0 Å². The minimum absolute atomic E-state index is 0.0833. The lowest BCUT2D eigenvalue weighted by Gasteiger charge is -2.33. The van der Waals surface area contributed by atoms with Crippen LogP contribution in [0.2, 0.25) is 0 Å². The van der Waals surface area contributed by atoms with Gasteiger partial charge >= 0.3 is 0 Å². The first-order valence-corrected chi connectivity index (χ1v) is 9.74. The largest absolute Gasteiger partial charge is 0.451 e. The molecule has 1 fully saturated rings. The molecule has 1 aliphatic heterocycles. The normalized spacial score (nSPS) is 18.4. The summed E-state index contributed by atoms with van der Waals surface area (Å²) in [5.74, 6) is 0.912. The summed E-state index contributed by atoms with van der Waals surface area (Å²) in [6, 6.07) is 17.9. The number of piperidine rings is 1. The maximum absolute atomic E-state index is 12.5. The number of nitrogens with zero attached hydrogens (tertiary/aromatic N) is 1. The van der Waals surface area contributed by atoms with Crippen molar-refractivity contribution in [1.82, 2.24) is 5.32 Å². The zero-order valence-corrected chi connectivity index (χ0v) is 15.9. The average Bonchev–Trinajstić information content (AvgIpc) is 3.12. The number of benzene rings is 2. The fraction of sp³-hybridized carbons (Fsp3) is 0.348. The molecule has 1 aliphatic rings. The molecule has 1 N–H and O–H groups in total. The Morgan fingerprint density at radius 3 is 2.70 bits per heavy atom. The second kappa shape index (κ2) is 7.47. The number of amides is 1. The summed E-state index contributed by atoms with van der Waals surface area (Å²) in [6.07, 6.45) is 2.58. The van der Waals surface area contributed by atoms with Crippen LogP contribution in [0.25, 0.3) is 11.0 Å². The van der Waals surface area contributed by atoms with Crippen LogP contribution in [0.3, 0.4) is 0 Å². The highest BCUT2D eigenvalue weighted by atomic mass is 16.3. The van der Waals surface area contributed by atoms with E-state index in [1.54, 1.807) is 6.07 Å². The van der Waals surface area contributed by atoms with Crippen LogP contribution in [0.1, 0.15) is 48.8 Å². The Balaban J connectivity index is 1.43. The molecule has 2 aromatic carbocycles. The van der Waals surface area contributed by atoms with Crippen LogP contribution in [-0.2, 0) is 0 Å². The molecule has 0 bridgehead atoms. The van der Waals surface area contributed by atoms with Gasteiger partial charge in [-0.3, -0.25) is 4.79 Å². The third kappa shape index (κ3) is 3.85. The number of anilines is 1. The minimum Gasteiger partial charge on any atom is -0.451 e. The Bertz CT molecular complexity index is 896. The lowest BCUT2D eigenvalue weighted by atomic mass is 9.99. The zero-order chi connectivity index (χ0) is 18.8. The smallest absolute Gasteiger partial charge is 0.287 e. The lowest BCUT2D eigenvalue weighted by Crippen LogP contribution is -2.34. The number of carbonyl (C=O) groups is 1. The fourth-order valence-corrected chi connectivity index (χ4v) is 3.84. The maximum atomic E-state index is 12.5. The fourth-order valence-electron chi connectivity index (χ4n) is 3.84. The van der Waals surface area contributed by atoms with Gasteiger partial charge in [-0.1, -0.05) is 37.3 Å². The molecule has 4 heteroatoms. The monoisotopic (exact) mass is 362 g/mol. The number of hydrogen-bond donors (Lipinski definition) is 1. The van der Waals surface area contributed by atoms with Gasteiger partial charge in [-0.2, -0.15) is 0 Å². The van der Waals surface area contributed by atoms with Crippen LogP contribution in [0.4, 0.5) is 5.69 Å². The lowest BCUT2D eigenvalue weighted by molar-refractivity contribution is 0.0914. The molecule has 4 rings (SSSR count). The van der Waals surface area contributed by atoms with Gasteiger partial charge in [0.25, 0.3) is 5.91 Å². The Morgan fingerprint density at radius 1 is 1.19 bits per heavy atom. The molecule has 0 saturated carbocycles. The van der Waals surface area contributed by atoms with Crippen LogP contribution in [-0.4, -0.2) is 19.0 Å². The van der Waals surface area contributed by atoms with Crippen LogP contribution in [0, 0.1) is 5.92 Å². The standard InChI is InChI=1S/C23H26N2O2/c1-16-6-5-13-25(15-16)20-11-9-18(10-12-20)17(2)24-23(26)22-14-19-7-3-4-8-21(19)27-22/h3-4,7-12,14,16-17H,5-6,13,15H2,1-2H3,(H,24,26)/t16-,17+/m0/s1. The minimum atomic E-state index is -0.187. The van der Waals surface area contributed by atoms with E-state index in [1.165, 1.54) is 18.5 Å². The SMILES string of the molecule is C[C@H]1CCCN(c2ccc([C@@H](C)NC(=O)c3cc4ccccc4o3)cc2)C1. The van der Waals surface area contributed by atoms with Crippen molar-refractivity contribution in [3.63, 3.8) is 0 Å². The number of fused-ring (bicyclic) bond motifs is 1. The molecule has 2 atom stereocenters. The molecule has 4 nitrogen and oxygen atoms in total. The van der Waals surface area contributed by atoms with Crippen molar-refractivity contribution in [3.8, 4) is 0 Å². The van der Waals surface area contributed by atoms with Gasteiger partial charge in [-0.15, -0.1) is 0 Å². The van der Waals surface area contributed by atoms with Crippen molar-refractivity contribution >= 4 is 22.6 Å². The molecule has 140 valence electrons. The molecule has 3 aromatic rings. The Kier molecular flexibility index (Phi) is 4.88. The average molecular weight is 362 g/mol. The summed E-state index contributed by atoms with van der Waals surface area (Å²) in [6.45, 7) is 6.56. The topological polar surface area (TPSA) is 45.5 Å². The van der Waals surface area contributed by atoms with Gasteiger partial charge < -0.3 is 14.6 Å². The number of carbonyl (C=O) groups excluding carboxylic acids is 1. The van der Waals surface area contributed by atoms with E-state index in [1.807, 2.05) is 31.2 Å². The van der Waals surface area contributed by atoms with Gasteiger partial charge in [0.15, 0.2) is 5.76 Å². The second-order valence-corrected chi connectivity index (χ2v) is 7.63. The van der Waals surface area contributed by atoms with Gasteiger partial charge in [0, 0.05) is 24.2 Å². The van der Waals surface area contributed by atoms with E-state index in [-0.39, 0.29) is 11.9 Å². The second-order valence-electron chi connectivity index (χ2n) is 7.63. The van der Waals surface area contributed by atoms with E-state index in [0.717, 1.165) is 35.5 Å². The summed E-state index contributed by atoms with van der Waals surface area (Å²) < 4.78 is 5.66. The molecular weight excluding hydrogens is 336 g/mol. The van der Waals surface area contributed by atoms with Crippen LogP contribution >= 0.6 is 0 Å². The third-order valence-corrected chi connectivity index (χ3v) is 5.41. The summed E-state index contributed by atoms with van der Waals surface area (Å²) in [7, 11) is 0. The van der Waals surface area contributed by atoms with Crippen molar-refractivity contribution in [2.45, 2.75) is 32.7 Å². The summed E-state index contributed by atoms with van der Waals surface area (Å²) >= 11 is 0. The molecule has 1 aromatic heterocycles. The molecular formula is C23H26N2O2. The molecule has 1 amide bonds. The highest BCUT2D eigenvalue weighted by Crippen LogP contribution is 2.25. The molecule has 1 saturated heterocycles. The number of furan rings is 1. The number of para-hydroxylation sites is 1. The van der Waals surface area contributed by atoms with E-state index < -0.39 is 0 Å². The third-order valence-electron chi connectivity index (χ3n) is 5.41. The Morgan fingerprint density at radius 2 is 1.96 bits per heavy atom. The Hall–Kier alpha value is -2.75. The quantitative estimate of drug-likeness (QED) is 0.697. The molecule has 0 unspecified atom stereocenters. The number of rotatable bonds is 4. The molecule has 0 spiro atoms. The molecule has 0 radical (unpaired) electrons. The van der Waals surface area contributed by atoms with Gasteiger partial charge in [-0.25, -0.2) is 0 Å². The number of nitrogens with one attached hydrogen (secondary N) is 1. The summed E-state index contributed by atoms with van der Waals surface area (Å²) in [4.78, 5) is 15.0. The highest BCUT2D eigenvalue weighted by molar-refractivity contribution is 5.96. The summed E-state index contributed by atoms with van der Waals surface area (Å²) in [5, 5.41) is 3.97. The number of hydrogen-bond acceptors (Lipinski definition) is 3. The predicted octanol–water partition coefficient (Wildman–Crippen LogP) is 5.16. The summed E-state index contributed by atoms with van der Waals surface area (Å²) in [5.41, 5.74) is 3.09. The highest BCUT2D eigenvalue weighted by Gasteiger charge is 2.18. The van der Waals surface area contributed by atoms with Crippen LogP contribution < -0.4 is 10.2 Å². The van der Waals surface area contributed by atoms with E-state index in [9.17, 15) is 4.79 Å².